The first-order chi connectivity index (χ1) is 9.20. The summed E-state index contributed by atoms with van der Waals surface area (Å²) in [5, 5.41) is 10.7. The van der Waals surface area contributed by atoms with E-state index >= 15 is 0 Å². The van der Waals surface area contributed by atoms with Crippen molar-refractivity contribution < 1.29 is 19.4 Å². The molecule has 2 rings (SSSR count). The third-order valence-corrected chi connectivity index (χ3v) is 6.19. The number of aliphatic hydroxyl groups is 1. The predicted molar refractivity (Wildman–Crippen MR) is 74.9 cm³/mol. The fourth-order valence-electron chi connectivity index (χ4n) is 4.70. The number of ketones is 1. The molecule has 112 valence electrons. The van der Waals surface area contributed by atoms with Crippen LogP contribution in [0.2, 0.25) is 0 Å². The zero-order chi connectivity index (χ0) is 15.3. The largest absolute Gasteiger partial charge is 0.468 e. The molecule has 0 unspecified atom stereocenters. The zero-order valence-corrected chi connectivity index (χ0v) is 12.7. The molecule has 0 aromatic carbocycles. The Morgan fingerprint density at radius 2 is 2.10 bits per heavy atom. The van der Waals surface area contributed by atoms with Crippen molar-refractivity contribution >= 4 is 11.8 Å². The number of esters is 1. The van der Waals surface area contributed by atoms with Crippen molar-refractivity contribution in [3.05, 3.63) is 12.7 Å². The molecule has 20 heavy (non-hydrogen) atoms. The van der Waals surface area contributed by atoms with Gasteiger partial charge in [-0.2, -0.15) is 0 Å². The van der Waals surface area contributed by atoms with Gasteiger partial charge in [0.05, 0.1) is 12.7 Å². The molecule has 0 aromatic heterocycles. The Bertz CT molecular complexity index is 471. The van der Waals surface area contributed by atoms with Crippen LogP contribution in [0.5, 0.6) is 0 Å². The van der Waals surface area contributed by atoms with Gasteiger partial charge in [0, 0.05) is 6.42 Å². The lowest BCUT2D eigenvalue weighted by molar-refractivity contribution is -0.188. The molecule has 0 heterocycles. The SMILES string of the molecule is C=C[C@]1(O)CC(=O)[C@@]2(C(=O)OC)[C@H](C)CC[C@@]2(C)[C@@H]1C. The minimum absolute atomic E-state index is 0.0628. The highest BCUT2D eigenvalue weighted by Gasteiger charge is 2.72. The maximum atomic E-state index is 12.8. The van der Waals surface area contributed by atoms with Gasteiger partial charge >= 0.3 is 5.97 Å². The van der Waals surface area contributed by atoms with Gasteiger partial charge in [-0.05, 0) is 30.1 Å². The van der Waals surface area contributed by atoms with Crippen LogP contribution in [0.4, 0.5) is 0 Å². The van der Waals surface area contributed by atoms with E-state index in [9.17, 15) is 14.7 Å². The summed E-state index contributed by atoms with van der Waals surface area (Å²) in [6.45, 7) is 9.45. The predicted octanol–water partition coefficient (Wildman–Crippen LogP) is 2.11. The van der Waals surface area contributed by atoms with Gasteiger partial charge < -0.3 is 9.84 Å². The van der Waals surface area contributed by atoms with Crippen LogP contribution in [0.1, 0.15) is 40.0 Å². The molecule has 4 nitrogen and oxygen atoms in total. The molecule has 0 saturated heterocycles. The second-order valence-electron chi connectivity index (χ2n) is 6.67. The van der Waals surface area contributed by atoms with Crippen LogP contribution in [-0.4, -0.2) is 29.6 Å². The van der Waals surface area contributed by atoms with Gasteiger partial charge in [0.15, 0.2) is 5.78 Å². The number of methoxy groups -OCH3 is 1. The van der Waals surface area contributed by atoms with E-state index in [1.54, 1.807) is 0 Å². The van der Waals surface area contributed by atoms with Crippen molar-refractivity contribution in [2.75, 3.05) is 7.11 Å². The fourth-order valence-corrected chi connectivity index (χ4v) is 4.70. The van der Waals surface area contributed by atoms with E-state index in [-0.39, 0.29) is 24.0 Å². The van der Waals surface area contributed by atoms with Crippen molar-refractivity contribution in [3.63, 3.8) is 0 Å². The van der Waals surface area contributed by atoms with E-state index in [4.69, 9.17) is 4.74 Å². The third-order valence-electron chi connectivity index (χ3n) is 6.19. The lowest BCUT2D eigenvalue weighted by Gasteiger charge is -2.55. The second kappa shape index (κ2) is 4.42. The molecule has 2 saturated carbocycles. The summed E-state index contributed by atoms with van der Waals surface area (Å²) in [7, 11) is 1.33. The molecule has 2 fully saturated rings. The van der Waals surface area contributed by atoms with Crippen LogP contribution in [0, 0.1) is 22.7 Å². The Kier molecular flexibility index (Phi) is 3.36. The first-order valence-corrected chi connectivity index (χ1v) is 7.18. The summed E-state index contributed by atoms with van der Waals surface area (Å²) in [5.41, 5.74) is -2.97. The number of Topliss-reactive ketones (excluding diaryl/α,β-unsaturated/α-hetero) is 1. The molecule has 0 aliphatic heterocycles. The Balaban J connectivity index is 2.66. The van der Waals surface area contributed by atoms with Crippen LogP contribution in [0.25, 0.3) is 0 Å². The van der Waals surface area contributed by atoms with Gasteiger partial charge in [-0.15, -0.1) is 6.58 Å². The fraction of sp³-hybridized carbons (Fsp3) is 0.750. The van der Waals surface area contributed by atoms with Crippen molar-refractivity contribution in [1.82, 2.24) is 0 Å². The number of fused-ring (bicyclic) bond motifs is 1. The Morgan fingerprint density at radius 3 is 2.60 bits per heavy atom. The second-order valence-corrected chi connectivity index (χ2v) is 6.67. The zero-order valence-electron chi connectivity index (χ0n) is 12.7. The molecule has 0 amide bonds. The molecule has 0 radical (unpaired) electrons. The van der Waals surface area contributed by atoms with E-state index in [2.05, 4.69) is 6.58 Å². The Labute approximate surface area is 120 Å². The number of hydrogen-bond acceptors (Lipinski definition) is 4. The van der Waals surface area contributed by atoms with Crippen molar-refractivity contribution in [2.45, 2.75) is 45.6 Å². The van der Waals surface area contributed by atoms with Crippen LogP contribution in [0.3, 0.4) is 0 Å². The maximum Gasteiger partial charge on any atom is 0.320 e. The molecule has 2 aliphatic rings. The number of rotatable bonds is 2. The summed E-state index contributed by atoms with van der Waals surface area (Å²) in [4.78, 5) is 25.3. The minimum Gasteiger partial charge on any atom is -0.468 e. The smallest absolute Gasteiger partial charge is 0.320 e. The summed E-state index contributed by atoms with van der Waals surface area (Å²) in [6.07, 6.45) is 2.90. The highest BCUT2D eigenvalue weighted by molar-refractivity contribution is 6.06. The maximum absolute atomic E-state index is 12.8. The van der Waals surface area contributed by atoms with Crippen LogP contribution in [-0.2, 0) is 14.3 Å². The van der Waals surface area contributed by atoms with Crippen LogP contribution >= 0.6 is 0 Å². The topological polar surface area (TPSA) is 63.6 Å². The molecule has 4 heteroatoms. The van der Waals surface area contributed by atoms with Crippen molar-refractivity contribution in [3.8, 4) is 0 Å². The average molecular weight is 280 g/mol. The monoisotopic (exact) mass is 280 g/mol. The molecular formula is C16H24O4. The average Bonchev–Trinajstić information content (AvgIpc) is 2.70. The summed E-state index contributed by atoms with van der Waals surface area (Å²) >= 11 is 0. The van der Waals surface area contributed by atoms with Crippen LogP contribution < -0.4 is 0 Å². The number of carbonyl (C=O) groups is 2. The Hall–Kier alpha value is -1.16. The molecule has 1 N–H and O–H groups in total. The van der Waals surface area contributed by atoms with E-state index in [1.807, 2.05) is 20.8 Å². The first kappa shape index (κ1) is 15.2. The van der Waals surface area contributed by atoms with Crippen LogP contribution in [0.15, 0.2) is 12.7 Å². The third kappa shape index (κ3) is 1.46. The number of hydrogen-bond donors (Lipinski definition) is 1. The minimum atomic E-state index is -1.24. The van der Waals surface area contributed by atoms with Crippen molar-refractivity contribution in [2.24, 2.45) is 22.7 Å². The standard InChI is InChI=1S/C16H24O4/c1-6-15(19)9-12(17)16(13(18)20-5)10(2)7-8-14(16,4)11(15)3/h6,10-11,19H,1,7-9H2,2-5H3/t10-,11+,14+,15+,16-/m1/s1. The molecular weight excluding hydrogens is 256 g/mol. The van der Waals surface area contributed by atoms with Crippen molar-refractivity contribution in [1.29, 1.82) is 0 Å². The van der Waals surface area contributed by atoms with Gasteiger partial charge in [0.25, 0.3) is 0 Å². The first-order valence-electron chi connectivity index (χ1n) is 7.18. The normalized spacial score (nSPS) is 47.8. The highest BCUT2D eigenvalue weighted by atomic mass is 16.5. The van der Waals surface area contributed by atoms with E-state index in [1.165, 1.54) is 13.2 Å². The number of ether oxygens (including phenoxy) is 1. The van der Waals surface area contributed by atoms with E-state index in [0.717, 1.165) is 12.8 Å². The molecule has 5 atom stereocenters. The van der Waals surface area contributed by atoms with Gasteiger partial charge in [0.2, 0.25) is 0 Å². The Morgan fingerprint density at radius 1 is 1.50 bits per heavy atom. The number of carbonyl (C=O) groups excluding carboxylic acids is 2. The lowest BCUT2D eigenvalue weighted by atomic mass is 9.48. The summed E-state index contributed by atoms with van der Waals surface area (Å²) < 4.78 is 4.98. The lowest BCUT2D eigenvalue weighted by Crippen LogP contribution is -2.64. The van der Waals surface area contributed by atoms with Gasteiger partial charge in [-0.3, -0.25) is 9.59 Å². The molecule has 2 aliphatic carbocycles. The summed E-state index contributed by atoms with van der Waals surface area (Å²) in [5.74, 6) is -0.955. The van der Waals surface area contributed by atoms with Gasteiger partial charge in [-0.1, -0.05) is 26.8 Å². The van der Waals surface area contributed by atoms with Gasteiger partial charge in [0.1, 0.15) is 5.41 Å². The van der Waals surface area contributed by atoms with E-state index in [0.29, 0.717) is 0 Å². The molecule has 0 bridgehead atoms. The quantitative estimate of drug-likeness (QED) is 0.478. The highest BCUT2D eigenvalue weighted by Crippen LogP contribution is 2.66. The molecule has 0 aromatic rings. The molecule has 0 spiro atoms. The van der Waals surface area contributed by atoms with Gasteiger partial charge in [-0.25, -0.2) is 0 Å². The van der Waals surface area contributed by atoms with E-state index < -0.39 is 22.4 Å². The summed E-state index contributed by atoms with van der Waals surface area (Å²) in [6, 6.07) is 0.